The van der Waals surface area contributed by atoms with Crippen LogP contribution in [-0.2, 0) is 12.8 Å². The summed E-state index contributed by atoms with van der Waals surface area (Å²) in [6.07, 6.45) is 6.10. The summed E-state index contributed by atoms with van der Waals surface area (Å²) < 4.78 is 6.70. The Morgan fingerprint density at radius 1 is 1.32 bits per heavy atom. The molecule has 0 atom stereocenters. The number of rotatable bonds is 1. The molecule has 4 heterocycles. The van der Waals surface area contributed by atoms with E-state index in [1.807, 2.05) is 0 Å². The van der Waals surface area contributed by atoms with Crippen molar-refractivity contribution in [3.63, 3.8) is 0 Å². The number of nitrogens with one attached hydrogen (secondary N) is 1. The molecule has 1 aliphatic carbocycles. The second kappa shape index (κ2) is 4.30. The van der Waals surface area contributed by atoms with Crippen LogP contribution in [0.15, 0.2) is 27.6 Å². The predicted molar refractivity (Wildman–Crippen MR) is 83.3 cm³/mol. The average molecular weight is 312 g/mol. The number of hydrogen-bond acceptors (Lipinski definition) is 5. The maximum absolute atomic E-state index is 12.3. The zero-order valence-electron chi connectivity index (χ0n) is 11.6. The first-order chi connectivity index (χ1) is 10.8. The number of aryl methyl sites for hydroxylation is 2. The van der Waals surface area contributed by atoms with Gasteiger partial charge < -0.3 is 4.42 Å². The van der Waals surface area contributed by atoms with Gasteiger partial charge in [0.1, 0.15) is 4.83 Å². The number of fused-ring (bicyclic) bond motifs is 5. The van der Waals surface area contributed by atoms with Gasteiger partial charge in [-0.1, -0.05) is 0 Å². The Kier molecular flexibility index (Phi) is 2.38. The number of furan rings is 1. The van der Waals surface area contributed by atoms with Crippen molar-refractivity contribution in [2.24, 2.45) is 0 Å². The normalized spacial score (nSPS) is 14.7. The van der Waals surface area contributed by atoms with Crippen molar-refractivity contribution >= 4 is 27.2 Å². The van der Waals surface area contributed by atoms with Crippen LogP contribution in [0.4, 0.5) is 0 Å². The largest absolute Gasteiger partial charge is 0.461 e. The highest BCUT2D eigenvalue weighted by Crippen LogP contribution is 2.36. The van der Waals surface area contributed by atoms with Crippen molar-refractivity contribution in [3.8, 4) is 11.6 Å². The van der Waals surface area contributed by atoms with Crippen LogP contribution in [-0.4, -0.2) is 19.6 Å². The van der Waals surface area contributed by atoms with E-state index in [1.165, 1.54) is 27.8 Å². The molecule has 4 aromatic rings. The summed E-state index contributed by atoms with van der Waals surface area (Å²) in [5.74, 6) is 1.01. The van der Waals surface area contributed by atoms with E-state index in [-0.39, 0.29) is 5.69 Å². The van der Waals surface area contributed by atoms with Gasteiger partial charge in [-0.2, -0.15) is 4.52 Å². The summed E-state index contributed by atoms with van der Waals surface area (Å²) in [5, 5.41) is 5.35. The number of H-pyrrole nitrogens is 1. The van der Waals surface area contributed by atoms with Crippen LogP contribution in [0.5, 0.6) is 0 Å². The van der Waals surface area contributed by atoms with Gasteiger partial charge in [0.15, 0.2) is 11.4 Å². The lowest BCUT2D eigenvalue weighted by Crippen LogP contribution is -2.17. The zero-order valence-corrected chi connectivity index (χ0v) is 12.4. The zero-order chi connectivity index (χ0) is 14.7. The highest BCUT2D eigenvalue weighted by atomic mass is 32.1. The second-order valence-electron chi connectivity index (χ2n) is 5.49. The molecule has 1 N–H and O–H groups in total. The van der Waals surface area contributed by atoms with Gasteiger partial charge in [-0.25, -0.2) is 9.78 Å². The molecule has 22 heavy (non-hydrogen) atoms. The number of aromatic amines is 1. The second-order valence-corrected chi connectivity index (χ2v) is 6.60. The lowest BCUT2D eigenvalue weighted by Gasteiger charge is -2.09. The van der Waals surface area contributed by atoms with Crippen molar-refractivity contribution in [3.05, 3.63) is 39.3 Å². The van der Waals surface area contributed by atoms with Gasteiger partial charge in [-0.3, -0.25) is 4.98 Å². The van der Waals surface area contributed by atoms with Crippen LogP contribution in [0.1, 0.15) is 23.3 Å². The summed E-state index contributed by atoms with van der Waals surface area (Å²) in [6.45, 7) is 0. The van der Waals surface area contributed by atoms with Crippen molar-refractivity contribution < 1.29 is 4.42 Å². The lowest BCUT2D eigenvalue weighted by atomic mass is 9.97. The molecule has 0 fully saturated rings. The first-order valence-corrected chi connectivity index (χ1v) is 8.10. The first kappa shape index (κ1) is 12.2. The molecule has 110 valence electrons. The van der Waals surface area contributed by atoms with Crippen molar-refractivity contribution in [2.75, 3.05) is 0 Å². The molecule has 0 radical (unpaired) electrons. The predicted octanol–water partition coefficient (Wildman–Crippen LogP) is 2.77. The molecule has 5 rings (SSSR count). The van der Waals surface area contributed by atoms with Crippen LogP contribution in [0.2, 0.25) is 0 Å². The minimum atomic E-state index is -0.258. The third kappa shape index (κ3) is 1.57. The van der Waals surface area contributed by atoms with Gasteiger partial charge in [0.25, 0.3) is 0 Å². The minimum Gasteiger partial charge on any atom is -0.461 e. The highest BCUT2D eigenvalue weighted by Gasteiger charge is 2.22. The van der Waals surface area contributed by atoms with E-state index < -0.39 is 0 Å². The van der Waals surface area contributed by atoms with E-state index >= 15 is 0 Å². The number of thiophene rings is 1. The number of nitrogens with zero attached hydrogens (tertiary/aromatic N) is 3. The topological polar surface area (TPSA) is 76.2 Å². The fourth-order valence-corrected chi connectivity index (χ4v) is 4.44. The Morgan fingerprint density at radius 2 is 2.23 bits per heavy atom. The summed E-state index contributed by atoms with van der Waals surface area (Å²) in [5.41, 5.74) is 1.70. The molecule has 0 saturated carbocycles. The summed E-state index contributed by atoms with van der Waals surface area (Å²) in [7, 11) is 0. The van der Waals surface area contributed by atoms with Crippen molar-refractivity contribution in [1.29, 1.82) is 0 Å². The molecule has 0 spiro atoms. The van der Waals surface area contributed by atoms with E-state index in [0.29, 0.717) is 17.2 Å². The maximum Gasteiger partial charge on any atom is 0.349 e. The van der Waals surface area contributed by atoms with Crippen LogP contribution in [0.25, 0.3) is 27.4 Å². The third-order valence-electron chi connectivity index (χ3n) is 4.16. The van der Waals surface area contributed by atoms with Crippen LogP contribution in [0, 0.1) is 0 Å². The Hall–Kier alpha value is -2.41. The molecule has 6 nitrogen and oxygen atoms in total. The molecule has 0 aliphatic heterocycles. The first-order valence-electron chi connectivity index (χ1n) is 7.28. The van der Waals surface area contributed by atoms with E-state index in [4.69, 9.17) is 4.42 Å². The fraction of sp³-hybridized carbons (Fsp3) is 0.267. The van der Waals surface area contributed by atoms with Crippen LogP contribution in [0.3, 0.4) is 0 Å². The average Bonchev–Trinajstić information content (AvgIpc) is 3.24. The van der Waals surface area contributed by atoms with Crippen molar-refractivity contribution in [2.45, 2.75) is 25.7 Å². The smallest absolute Gasteiger partial charge is 0.349 e. The molecular weight excluding hydrogens is 300 g/mol. The van der Waals surface area contributed by atoms with Gasteiger partial charge >= 0.3 is 5.69 Å². The Morgan fingerprint density at radius 3 is 3.09 bits per heavy atom. The maximum atomic E-state index is 12.3. The molecule has 4 aromatic heterocycles. The van der Waals surface area contributed by atoms with Crippen LogP contribution < -0.4 is 5.69 Å². The quantitative estimate of drug-likeness (QED) is 0.586. The molecule has 0 bridgehead atoms. The Labute approximate surface area is 128 Å². The van der Waals surface area contributed by atoms with Gasteiger partial charge in [0, 0.05) is 4.88 Å². The van der Waals surface area contributed by atoms with Gasteiger partial charge in [0.05, 0.1) is 11.6 Å². The fourth-order valence-electron chi connectivity index (χ4n) is 3.17. The van der Waals surface area contributed by atoms with E-state index in [1.54, 1.807) is 29.7 Å². The highest BCUT2D eigenvalue weighted by molar-refractivity contribution is 7.19. The SMILES string of the molecule is O=c1[nH]c2sc3c(c2c2nc(-c4ccco4)nn12)CCCC3. The summed E-state index contributed by atoms with van der Waals surface area (Å²) in [6, 6.07) is 3.58. The number of hydrogen-bond donors (Lipinski definition) is 1. The standard InChI is InChI=1S/C15H12N4O2S/c20-15-17-14-11(8-4-1-2-6-10(8)22-14)13-16-12(18-19(13)15)9-5-3-7-21-9/h3,5,7H,1-2,4,6H2,(H,17,20). The van der Waals surface area contributed by atoms with Gasteiger partial charge in [-0.05, 0) is 43.4 Å². The molecule has 7 heteroatoms. The van der Waals surface area contributed by atoms with Crippen molar-refractivity contribution in [1.82, 2.24) is 19.6 Å². The van der Waals surface area contributed by atoms with E-state index in [9.17, 15) is 4.79 Å². The summed E-state index contributed by atoms with van der Waals surface area (Å²) >= 11 is 1.68. The molecule has 0 saturated heterocycles. The number of aromatic nitrogens is 4. The molecule has 0 aromatic carbocycles. The minimum absolute atomic E-state index is 0.258. The Bertz CT molecular complexity index is 1050. The summed E-state index contributed by atoms with van der Waals surface area (Å²) in [4.78, 5) is 22.1. The lowest BCUT2D eigenvalue weighted by molar-refractivity contribution is 0.577. The Balaban J connectivity index is 1.90. The monoisotopic (exact) mass is 312 g/mol. The van der Waals surface area contributed by atoms with Gasteiger partial charge in [0.2, 0.25) is 5.82 Å². The molecular formula is C15H12N4O2S. The molecule has 1 aliphatic rings. The molecule has 0 unspecified atom stereocenters. The van der Waals surface area contributed by atoms with Crippen LogP contribution >= 0.6 is 11.3 Å². The third-order valence-corrected chi connectivity index (χ3v) is 5.36. The van der Waals surface area contributed by atoms with Gasteiger partial charge in [-0.15, -0.1) is 16.4 Å². The van der Waals surface area contributed by atoms with E-state index in [0.717, 1.165) is 23.1 Å². The molecule has 0 amide bonds. The van der Waals surface area contributed by atoms with E-state index in [2.05, 4.69) is 15.1 Å².